The monoisotopic (exact) mass is 416 g/mol. The Hall–Kier alpha value is -3.68. The molecule has 0 saturated carbocycles. The van der Waals surface area contributed by atoms with Gasteiger partial charge in [0.15, 0.2) is 5.65 Å². The highest BCUT2D eigenvalue weighted by molar-refractivity contribution is 6.07. The molecule has 0 radical (unpaired) electrons. The third kappa shape index (κ3) is 3.24. The molecule has 2 N–H and O–H groups in total. The van der Waals surface area contributed by atoms with Gasteiger partial charge in [0, 0.05) is 40.5 Å². The molecule has 0 bridgehead atoms. The number of pyridine rings is 1. The summed E-state index contributed by atoms with van der Waals surface area (Å²) in [6.07, 6.45) is 4.25. The van der Waals surface area contributed by atoms with Crippen LogP contribution in [0.4, 0.5) is 5.69 Å². The summed E-state index contributed by atoms with van der Waals surface area (Å²) in [5, 5.41) is 12.1. The highest BCUT2D eigenvalue weighted by Gasteiger charge is 2.23. The molecule has 4 heterocycles. The van der Waals surface area contributed by atoms with Crippen molar-refractivity contribution in [2.45, 2.75) is 39.3 Å². The predicted octanol–water partition coefficient (Wildman–Crippen LogP) is 3.91. The molecular weight excluding hydrogens is 392 g/mol. The van der Waals surface area contributed by atoms with Gasteiger partial charge in [-0.05, 0) is 51.5 Å². The number of carbonyl (C=O) groups is 2. The Morgan fingerprint density at radius 2 is 2.03 bits per heavy atom. The molecule has 2 amide bonds. The van der Waals surface area contributed by atoms with Crippen molar-refractivity contribution in [1.29, 1.82) is 0 Å². The minimum atomic E-state index is -0.222. The van der Waals surface area contributed by atoms with Gasteiger partial charge in [0.1, 0.15) is 5.69 Å². The fraction of sp³-hybridized carbons (Fsp3) is 0.304. The fourth-order valence-corrected chi connectivity index (χ4v) is 4.22. The van der Waals surface area contributed by atoms with Gasteiger partial charge in [-0.15, -0.1) is 0 Å². The molecular formula is C23H24N6O2. The lowest BCUT2D eigenvalue weighted by atomic mass is 10.1. The number of hydrogen-bond acceptors (Lipinski definition) is 4. The first-order chi connectivity index (χ1) is 14.9. The van der Waals surface area contributed by atoms with Crippen LogP contribution >= 0.6 is 0 Å². The van der Waals surface area contributed by atoms with Crippen LogP contribution in [0.5, 0.6) is 0 Å². The maximum absolute atomic E-state index is 13.0. The standard InChI is InChI=1S/C23H24N6O2/c1-13(2)29-21-17(11-26-29)8-18(12-25-21)27-22(30)16-5-4-15-9-20-23(31)24-7-6-14(3)28(20)19(15)10-16/h4-5,8-14H,6-7H2,1-3H3,(H,24,31)(H,27,30). The Balaban J connectivity index is 1.47. The van der Waals surface area contributed by atoms with Crippen molar-refractivity contribution in [3.63, 3.8) is 0 Å². The predicted molar refractivity (Wildman–Crippen MR) is 119 cm³/mol. The second-order valence-corrected chi connectivity index (χ2v) is 8.34. The van der Waals surface area contributed by atoms with Crippen LogP contribution in [-0.2, 0) is 0 Å². The van der Waals surface area contributed by atoms with Crippen molar-refractivity contribution >= 4 is 39.4 Å². The van der Waals surface area contributed by atoms with Crippen molar-refractivity contribution in [2.24, 2.45) is 0 Å². The first kappa shape index (κ1) is 19.3. The van der Waals surface area contributed by atoms with Crippen molar-refractivity contribution in [3.05, 3.63) is 54.0 Å². The molecule has 0 saturated heterocycles. The van der Waals surface area contributed by atoms with E-state index in [2.05, 4.69) is 27.6 Å². The first-order valence-corrected chi connectivity index (χ1v) is 10.5. The third-order valence-corrected chi connectivity index (χ3v) is 5.81. The van der Waals surface area contributed by atoms with E-state index in [1.165, 1.54) is 0 Å². The van der Waals surface area contributed by atoms with Crippen LogP contribution in [0.2, 0.25) is 0 Å². The lowest BCUT2D eigenvalue weighted by Crippen LogP contribution is -2.22. The minimum absolute atomic E-state index is 0.0760. The third-order valence-electron chi connectivity index (χ3n) is 5.81. The molecule has 1 aliphatic heterocycles. The maximum atomic E-state index is 13.0. The Morgan fingerprint density at radius 1 is 1.19 bits per heavy atom. The average molecular weight is 416 g/mol. The van der Waals surface area contributed by atoms with Crippen LogP contribution in [0.15, 0.2) is 42.7 Å². The average Bonchev–Trinajstić information content (AvgIpc) is 3.30. The van der Waals surface area contributed by atoms with Crippen LogP contribution < -0.4 is 10.6 Å². The van der Waals surface area contributed by atoms with E-state index < -0.39 is 0 Å². The van der Waals surface area contributed by atoms with E-state index in [9.17, 15) is 9.59 Å². The van der Waals surface area contributed by atoms with Crippen molar-refractivity contribution in [2.75, 3.05) is 11.9 Å². The number of anilines is 1. The van der Waals surface area contributed by atoms with Crippen molar-refractivity contribution in [1.82, 2.24) is 24.6 Å². The zero-order chi connectivity index (χ0) is 21.7. The van der Waals surface area contributed by atoms with Gasteiger partial charge in [-0.2, -0.15) is 5.10 Å². The summed E-state index contributed by atoms with van der Waals surface area (Å²) in [6, 6.07) is 9.65. The maximum Gasteiger partial charge on any atom is 0.267 e. The van der Waals surface area contributed by atoms with Crippen LogP contribution in [0.25, 0.3) is 21.9 Å². The smallest absolute Gasteiger partial charge is 0.267 e. The van der Waals surface area contributed by atoms with Crippen molar-refractivity contribution < 1.29 is 9.59 Å². The highest BCUT2D eigenvalue weighted by Crippen LogP contribution is 2.28. The molecule has 0 fully saturated rings. The van der Waals surface area contributed by atoms with E-state index in [-0.39, 0.29) is 23.9 Å². The second-order valence-electron chi connectivity index (χ2n) is 8.34. The normalized spacial score (nSPS) is 16.4. The molecule has 5 rings (SSSR count). The van der Waals surface area contributed by atoms with E-state index in [1.54, 1.807) is 18.5 Å². The number of fused-ring (bicyclic) bond motifs is 4. The molecule has 8 heteroatoms. The Bertz CT molecular complexity index is 1330. The zero-order valence-electron chi connectivity index (χ0n) is 17.7. The molecule has 3 aromatic heterocycles. The fourth-order valence-electron chi connectivity index (χ4n) is 4.22. The Morgan fingerprint density at radius 3 is 2.84 bits per heavy atom. The summed E-state index contributed by atoms with van der Waals surface area (Å²) in [5.41, 5.74) is 3.46. The summed E-state index contributed by atoms with van der Waals surface area (Å²) >= 11 is 0. The number of amides is 2. The Kier molecular flexibility index (Phi) is 4.50. The van der Waals surface area contributed by atoms with Gasteiger partial charge in [-0.1, -0.05) is 6.07 Å². The summed E-state index contributed by atoms with van der Waals surface area (Å²) < 4.78 is 3.88. The molecule has 0 aliphatic carbocycles. The largest absolute Gasteiger partial charge is 0.351 e. The van der Waals surface area contributed by atoms with E-state index >= 15 is 0 Å². The first-order valence-electron chi connectivity index (χ1n) is 10.5. The van der Waals surface area contributed by atoms with Crippen LogP contribution in [0.1, 0.15) is 60.1 Å². The number of nitrogens with one attached hydrogen (secondary N) is 2. The number of hydrogen-bond donors (Lipinski definition) is 2. The molecule has 8 nitrogen and oxygen atoms in total. The molecule has 1 aromatic carbocycles. The highest BCUT2D eigenvalue weighted by atomic mass is 16.2. The second kappa shape index (κ2) is 7.23. The van der Waals surface area contributed by atoms with Gasteiger partial charge in [-0.3, -0.25) is 9.59 Å². The van der Waals surface area contributed by atoms with E-state index in [0.717, 1.165) is 28.4 Å². The van der Waals surface area contributed by atoms with Gasteiger partial charge >= 0.3 is 0 Å². The Labute approximate surface area is 179 Å². The van der Waals surface area contributed by atoms with Crippen LogP contribution in [0, 0.1) is 0 Å². The molecule has 1 atom stereocenters. The number of rotatable bonds is 3. The van der Waals surface area contributed by atoms with Crippen LogP contribution in [0.3, 0.4) is 0 Å². The van der Waals surface area contributed by atoms with Gasteiger partial charge in [0.25, 0.3) is 11.8 Å². The quantitative estimate of drug-likeness (QED) is 0.529. The zero-order valence-corrected chi connectivity index (χ0v) is 17.7. The molecule has 4 aromatic rings. The number of aromatic nitrogens is 4. The molecule has 1 aliphatic rings. The molecule has 0 spiro atoms. The number of nitrogens with zero attached hydrogens (tertiary/aromatic N) is 4. The lowest BCUT2D eigenvalue weighted by Gasteiger charge is -2.14. The van der Waals surface area contributed by atoms with Gasteiger partial charge in [-0.25, -0.2) is 9.67 Å². The summed E-state index contributed by atoms with van der Waals surface area (Å²) in [5.74, 6) is -0.298. The topological polar surface area (TPSA) is 93.8 Å². The number of benzene rings is 1. The van der Waals surface area contributed by atoms with E-state index in [0.29, 0.717) is 23.5 Å². The number of carbonyl (C=O) groups excluding carboxylic acids is 2. The van der Waals surface area contributed by atoms with Crippen LogP contribution in [-0.4, -0.2) is 37.7 Å². The van der Waals surface area contributed by atoms with Gasteiger partial charge in [0.2, 0.25) is 0 Å². The summed E-state index contributed by atoms with van der Waals surface area (Å²) in [7, 11) is 0. The minimum Gasteiger partial charge on any atom is -0.351 e. The molecule has 31 heavy (non-hydrogen) atoms. The SMILES string of the molecule is CC(C)n1ncc2cc(NC(=O)c3ccc4cc5n(c4c3)C(C)CCNC5=O)cnc21. The summed E-state index contributed by atoms with van der Waals surface area (Å²) in [6.45, 7) is 6.83. The van der Waals surface area contributed by atoms with Crippen molar-refractivity contribution in [3.8, 4) is 0 Å². The lowest BCUT2D eigenvalue weighted by molar-refractivity contribution is 0.0950. The van der Waals surface area contributed by atoms with Gasteiger partial charge < -0.3 is 15.2 Å². The molecule has 158 valence electrons. The summed E-state index contributed by atoms with van der Waals surface area (Å²) in [4.78, 5) is 29.8. The van der Waals surface area contributed by atoms with E-state index in [4.69, 9.17) is 0 Å². The molecule has 1 unspecified atom stereocenters. The van der Waals surface area contributed by atoms with E-state index in [1.807, 2.05) is 47.4 Å². The van der Waals surface area contributed by atoms with Gasteiger partial charge in [0.05, 0.1) is 18.1 Å².